The van der Waals surface area contributed by atoms with Crippen LogP contribution >= 0.6 is 0 Å². The van der Waals surface area contributed by atoms with Gasteiger partial charge in [0.25, 0.3) is 0 Å². The Morgan fingerprint density at radius 2 is 1.96 bits per heavy atom. The highest BCUT2D eigenvalue weighted by Gasteiger charge is 2.26. The lowest BCUT2D eigenvalue weighted by Gasteiger charge is -2.34. The molecule has 1 aliphatic carbocycles. The fraction of sp³-hybridized carbons (Fsp3) is 0.762. The van der Waals surface area contributed by atoms with Gasteiger partial charge in [-0.2, -0.15) is 0 Å². The first-order chi connectivity index (χ1) is 13.0. The van der Waals surface area contributed by atoms with Gasteiger partial charge in [-0.15, -0.1) is 13.2 Å². The van der Waals surface area contributed by atoms with E-state index in [1.54, 1.807) is 0 Å². The molecule has 0 spiro atoms. The minimum atomic E-state index is -0.705. The summed E-state index contributed by atoms with van der Waals surface area (Å²) in [7, 11) is 1.11. The van der Waals surface area contributed by atoms with Gasteiger partial charge in [-0.1, -0.05) is 39.3 Å². The SMILES string of the molecule is C=CCN(CC=C)C(CNC(=NC)NC1CCCC(S(=O)CC)C1)C(C)C. The fourth-order valence-electron chi connectivity index (χ4n) is 3.80. The average molecular weight is 397 g/mol. The highest BCUT2D eigenvalue weighted by molar-refractivity contribution is 7.85. The minimum Gasteiger partial charge on any atom is -0.355 e. The molecule has 0 heterocycles. The molecule has 0 aromatic carbocycles. The molecular weight excluding hydrogens is 356 g/mol. The van der Waals surface area contributed by atoms with Crippen LogP contribution in [-0.4, -0.2) is 64.8 Å². The van der Waals surface area contributed by atoms with E-state index in [-0.39, 0.29) is 0 Å². The number of nitrogens with zero attached hydrogens (tertiary/aromatic N) is 2. The maximum atomic E-state index is 12.2. The minimum absolute atomic E-state index is 0.318. The number of aliphatic imine (C=N–C) groups is 1. The lowest BCUT2D eigenvalue weighted by Crippen LogP contribution is -2.52. The van der Waals surface area contributed by atoms with E-state index in [0.717, 1.165) is 57.0 Å². The van der Waals surface area contributed by atoms with Crippen molar-refractivity contribution in [2.24, 2.45) is 10.9 Å². The third-order valence-electron chi connectivity index (χ3n) is 5.29. The third kappa shape index (κ3) is 8.18. The average Bonchev–Trinajstić information content (AvgIpc) is 2.66. The van der Waals surface area contributed by atoms with Gasteiger partial charge in [0.05, 0.1) is 0 Å². The molecule has 5 nitrogen and oxygen atoms in total. The first-order valence-electron chi connectivity index (χ1n) is 10.3. The molecule has 1 rings (SSSR count). The van der Waals surface area contributed by atoms with Crippen LogP contribution in [0.25, 0.3) is 0 Å². The molecule has 2 N–H and O–H groups in total. The van der Waals surface area contributed by atoms with E-state index >= 15 is 0 Å². The van der Waals surface area contributed by atoms with Crippen molar-refractivity contribution >= 4 is 16.8 Å². The molecule has 0 aliphatic heterocycles. The molecule has 1 aliphatic rings. The predicted molar refractivity (Wildman–Crippen MR) is 120 cm³/mol. The van der Waals surface area contributed by atoms with E-state index in [4.69, 9.17) is 0 Å². The molecule has 0 bridgehead atoms. The second kappa shape index (κ2) is 13.1. The van der Waals surface area contributed by atoms with E-state index < -0.39 is 10.8 Å². The molecule has 1 fully saturated rings. The summed E-state index contributed by atoms with van der Waals surface area (Å²) in [5.74, 6) is 2.09. The van der Waals surface area contributed by atoms with Crippen molar-refractivity contribution in [2.75, 3.05) is 32.4 Å². The topological polar surface area (TPSA) is 56.7 Å². The second-order valence-electron chi connectivity index (χ2n) is 7.60. The second-order valence-corrected chi connectivity index (χ2v) is 9.60. The van der Waals surface area contributed by atoms with Crippen molar-refractivity contribution in [3.8, 4) is 0 Å². The lowest BCUT2D eigenvalue weighted by molar-refractivity contribution is 0.190. The van der Waals surface area contributed by atoms with Gasteiger partial charge in [-0.25, -0.2) is 0 Å². The van der Waals surface area contributed by atoms with Gasteiger partial charge in [-0.05, 0) is 25.2 Å². The molecule has 0 saturated heterocycles. The van der Waals surface area contributed by atoms with Crippen molar-refractivity contribution in [1.82, 2.24) is 15.5 Å². The van der Waals surface area contributed by atoms with Crippen LogP contribution in [0.15, 0.2) is 30.3 Å². The number of hydrogen-bond donors (Lipinski definition) is 2. The van der Waals surface area contributed by atoms with Crippen LogP contribution in [0.2, 0.25) is 0 Å². The molecule has 0 radical (unpaired) electrons. The highest BCUT2D eigenvalue weighted by atomic mass is 32.2. The summed E-state index contributed by atoms with van der Waals surface area (Å²) in [6.07, 6.45) is 8.19. The lowest BCUT2D eigenvalue weighted by atomic mass is 9.95. The van der Waals surface area contributed by atoms with Gasteiger partial charge in [0, 0.05) is 60.6 Å². The van der Waals surface area contributed by atoms with Crippen LogP contribution in [0.3, 0.4) is 0 Å². The summed E-state index contributed by atoms with van der Waals surface area (Å²) >= 11 is 0. The van der Waals surface area contributed by atoms with Crippen molar-refractivity contribution in [2.45, 2.75) is 63.8 Å². The Morgan fingerprint density at radius 3 is 2.48 bits per heavy atom. The van der Waals surface area contributed by atoms with Gasteiger partial charge in [0.15, 0.2) is 5.96 Å². The first-order valence-corrected chi connectivity index (χ1v) is 11.6. The van der Waals surface area contributed by atoms with Gasteiger partial charge >= 0.3 is 0 Å². The summed E-state index contributed by atoms with van der Waals surface area (Å²) < 4.78 is 12.2. The Balaban J connectivity index is 2.64. The smallest absolute Gasteiger partial charge is 0.191 e. The standard InChI is InChI=1S/C21H40N4OS/c1-7-13-25(14-8-2)20(17(4)5)16-23-21(22-6)24-18-11-10-12-19(15-18)27(26)9-3/h7-8,17-20H,1-2,9-16H2,3-6H3,(H2,22,23,24). The fourth-order valence-corrected chi connectivity index (χ4v) is 5.15. The van der Waals surface area contributed by atoms with E-state index in [1.807, 2.05) is 26.1 Å². The van der Waals surface area contributed by atoms with Crippen molar-refractivity contribution in [1.29, 1.82) is 0 Å². The summed E-state index contributed by atoms with van der Waals surface area (Å²) in [6.45, 7) is 16.8. The highest BCUT2D eigenvalue weighted by Crippen LogP contribution is 2.23. The summed E-state index contributed by atoms with van der Waals surface area (Å²) in [6, 6.07) is 0.714. The maximum absolute atomic E-state index is 12.2. The number of guanidine groups is 1. The molecule has 4 atom stereocenters. The normalized spacial score (nSPS) is 23.1. The molecule has 156 valence electrons. The van der Waals surface area contributed by atoms with Crippen LogP contribution in [0.1, 0.15) is 46.5 Å². The van der Waals surface area contributed by atoms with Crippen LogP contribution < -0.4 is 10.6 Å². The Morgan fingerprint density at radius 1 is 1.30 bits per heavy atom. The number of rotatable bonds is 11. The van der Waals surface area contributed by atoms with E-state index in [0.29, 0.717) is 23.3 Å². The van der Waals surface area contributed by atoms with Gasteiger partial charge in [0.1, 0.15) is 0 Å². The van der Waals surface area contributed by atoms with Crippen molar-refractivity contribution in [3.63, 3.8) is 0 Å². The van der Waals surface area contributed by atoms with Gasteiger partial charge < -0.3 is 10.6 Å². The number of nitrogens with one attached hydrogen (secondary N) is 2. The first kappa shape index (κ1) is 23.9. The molecule has 27 heavy (non-hydrogen) atoms. The summed E-state index contributed by atoms with van der Waals surface area (Å²) in [5, 5.41) is 7.38. The molecular formula is C21H40N4OS. The van der Waals surface area contributed by atoms with Gasteiger partial charge in [0.2, 0.25) is 0 Å². The van der Waals surface area contributed by atoms with Crippen LogP contribution in [0.5, 0.6) is 0 Å². The molecule has 0 amide bonds. The zero-order valence-corrected chi connectivity index (χ0v) is 18.6. The van der Waals surface area contributed by atoms with Crippen LogP contribution in [0.4, 0.5) is 0 Å². The largest absolute Gasteiger partial charge is 0.355 e. The Hall–Kier alpha value is -1.14. The number of hydrogen-bond acceptors (Lipinski definition) is 3. The quantitative estimate of drug-likeness (QED) is 0.320. The zero-order chi connectivity index (χ0) is 20.2. The summed E-state index contributed by atoms with van der Waals surface area (Å²) in [4.78, 5) is 6.80. The molecule has 4 unspecified atom stereocenters. The van der Waals surface area contributed by atoms with E-state index in [1.165, 1.54) is 0 Å². The molecule has 1 saturated carbocycles. The Bertz CT molecular complexity index is 496. The Kier molecular flexibility index (Phi) is 11.6. The monoisotopic (exact) mass is 396 g/mol. The Labute approximate surface area is 169 Å². The molecule has 6 heteroatoms. The third-order valence-corrected chi connectivity index (χ3v) is 7.03. The van der Waals surface area contributed by atoms with Crippen molar-refractivity contribution in [3.05, 3.63) is 25.3 Å². The van der Waals surface area contributed by atoms with E-state index in [9.17, 15) is 4.21 Å². The van der Waals surface area contributed by atoms with Crippen LogP contribution in [-0.2, 0) is 10.8 Å². The zero-order valence-electron chi connectivity index (χ0n) is 17.7. The molecule has 0 aromatic heterocycles. The predicted octanol–water partition coefficient (Wildman–Crippen LogP) is 2.93. The van der Waals surface area contributed by atoms with Crippen molar-refractivity contribution < 1.29 is 4.21 Å². The maximum Gasteiger partial charge on any atom is 0.191 e. The summed E-state index contributed by atoms with van der Waals surface area (Å²) in [5.41, 5.74) is 0. The van der Waals surface area contributed by atoms with Crippen LogP contribution in [0, 0.1) is 5.92 Å². The molecule has 0 aromatic rings. The van der Waals surface area contributed by atoms with E-state index in [2.05, 4.69) is 47.5 Å². The van der Waals surface area contributed by atoms with Gasteiger partial charge in [-0.3, -0.25) is 14.1 Å².